The fraction of sp³-hybridized carbons (Fsp3) is 0.391. The molecule has 3 aromatic rings. The highest BCUT2D eigenvalue weighted by Gasteiger charge is 2.19. The third kappa shape index (κ3) is 5.26. The van der Waals surface area contributed by atoms with Crippen LogP contribution in [-0.4, -0.2) is 35.6 Å². The number of thioether (sulfide) groups is 1. The van der Waals surface area contributed by atoms with Crippen molar-refractivity contribution in [2.75, 3.05) is 30.0 Å². The Balaban J connectivity index is 1.28. The van der Waals surface area contributed by atoms with E-state index in [1.165, 1.54) is 5.56 Å². The standard InChI is InChI=1S/C23H28N4OS2/c1-15(2)13-18-14-29-23(26-18)25-17-9-7-16(8-10-17)11-12-24-22-27-21-19(28-3)5-4-6-20(21)30-22/h4-10,15,18H,11-14H2,1-3H3,(H,24,27)(H,25,26)/t18-/m1/s1. The van der Waals surface area contributed by atoms with Gasteiger partial charge in [-0.15, -0.1) is 0 Å². The molecule has 0 amide bonds. The number of hydrogen-bond acceptors (Lipinski definition) is 7. The average molecular weight is 441 g/mol. The Bertz CT molecular complexity index is 1010. The van der Waals surface area contributed by atoms with Gasteiger partial charge in [-0.25, -0.2) is 4.98 Å². The molecule has 158 valence electrons. The Hall–Kier alpha value is -2.25. The Morgan fingerprint density at radius 3 is 2.77 bits per heavy atom. The summed E-state index contributed by atoms with van der Waals surface area (Å²) in [4.78, 5) is 9.47. The van der Waals surface area contributed by atoms with Crippen molar-refractivity contribution in [2.45, 2.75) is 32.7 Å². The summed E-state index contributed by atoms with van der Waals surface area (Å²) >= 11 is 3.48. The highest BCUT2D eigenvalue weighted by Crippen LogP contribution is 2.32. The van der Waals surface area contributed by atoms with E-state index < -0.39 is 0 Å². The number of amidine groups is 1. The number of thiazole rings is 1. The number of hydrogen-bond donors (Lipinski definition) is 2. The molecule has 1 aliphatic rings. The molecule has 4 rings (SSSR count). The number of aliphatic imine (C=N–C) groups is 1. The molecule has 30 heavy (non-hydrogen) atoms. The molecule has 1 atom stereocenters. The quantitative estimate of drug-likeness (QED) is 0.457. The van der Waals surface area contributed by atoms with Crippen LogP contribution >= 0.6 is 23.1 Å². The lowest BCUT2D eigenvalue weighted by Gasteiger charge is -2.08. The lowest BCUT2D eigenvalue weighted by molar-refractivity contribution is 0.419. The summed E-state index contributed by atoms with van der Waals surface area (Å²) in [7, 11) is 1.68. The molecule has 5 nitrogen and oxygen atoms in total. The number of benzene rings is 2. The molecule has 0 saturated carbocycles. The van der Waals surface area contributed by atoms with Gasteiger partial charge in [0.15, 0.2) is 10.3 Å². The maximum absolute atomic E-state index is 5.40. The summed E-state index contributed by atoms with van der Waals surface area (Å²) in [5.41, 5.74) is 3.32. The molecule has 0 spiro atoms. The highest BCUT2D eigenvalue weighted by molar-refractivity contribution is 8.14. The van der Waals surface area contributed by atoms with Gasteiger partial charge in [0, 0.05) is 18.0 Å². The van der Waals surface area contributed by atoms with Crippen LogP contribution in [0, 0.1) is 5.92 Å². The van der Waals surface area contributed by atoms with E-state index in [1.807, 2.05) is 23.9 Å². The Morgan fingerprint density at radius 1 is 1.17 bits per heavy atom. The lowest BCUT2D eigenvalue weighted by Crippen LogP contribution is -2.08. The summed E-state index contributed by atoms with van der Waals surface area (Å²) in [5.74, 6) is 2.60. The van der Waals surface area contributed by atoms with Crippen molar-refractivity contribution in [1.29, 1.82) is 0 Å². The Labute approximate surface area is 186 Å². The van der Waals surface area contributed by atoms with Gasteiger partial charge < -0.3 is 15.4 Å². The van der Waals surface area contributed by atoms with Gasteiger partial charge in [-0.2, -0.15) is 0 Å². The van der Waals surface area contributed by atoms with E-state index in [0.29, 0.717) is 12.0 Å². The van der Waals surface area contributed by atoms with Crippen LogP contribution in [0.15, 0.2) is 47.5 Å². The van der Waals surface area contributed by atoms with Crippen molar-refractivity contribution in [3.8, 4) is 5.75 Å². The fourth-order valence-corrected chi connectivity index (χ4v) is 5.39. The van der Waals surface area contributed by atoms with Gasteiger partial charge in [0.2, 0.25) is 0 Å². The molecular weight excluding hydrogens is 412 g/mol. The number of nitrogens with one attached hydrogen (secondary N) is 2. The zero-order valence-corrected chi connectivity index (χ0v) is 19.3. The zero-order valence-electron chi connectivity index (χ0n) is 17.6. The van der Waals surface area contributed by atoms with Gasteiger partial charge in [-0.1, -0.05) is 55.1 Å². The molecule has 1 aromatic heterocycles. The third-order valence-electron chi connectivity index (χ3n) is 4.95. The Kier molecular flexibility index (Phi) is 6.79. The molecular formula is C23H28N4OS2. The van der Waals surface area contributed by atoms with Crippen molar-refractivity contribution in [3.05, 3.63) is 48.0 Å². The van der Waals surface area contributed by atoms with E-state index in [2.05, 4.69) is 59.8 Å². The van der Waals surface area contributed by atoms with E-state index in [1.54, 1.807) is 18.4 Å². The molecule has 7 heteroatoms. The van der Waals surface area contributed by atoms with Gasteiger partial charge >= 0.3 is 0 Å². The van der Waals surface area contributed by atoms with E-state index in [0.717, 1.165) is 57.1 Å². The molecule has 2 heterocycles. The van der Waals surface area contributed by atoms with Gasteiger partial charge in [-0.05, 0) is 48.6 Å². The van der Waals surface area contributed by atoms with Gasteiger partial charge in [0.05, 0.1) is 17.9 Å². The monoisotopic (exact) mass is 440 g/mol. The first-order valence-corrected chi connectivity index (χ1v) is 12.1. The molecule has 0 aliphatic carbocycles. The number of methoxy groups -OCH3 is 1. The van der Waals surface area contributed by atoms with Crippen LogP contribution in [0.3, 0.4) is 0 Å². The fourth-order valence-electron chi connectivity index (χ4n) is 3.50. The van der Waals surface area contributed by atoms with E-state index >= 15 is 0 Å². The second-order valence-electron chi connectivity index (χ2n) is 7.85. The third-order valence-corrected chi connectivity index (χ3v) is 6.96. The van der Waals surface area contributed by atoms with Crippen LogP contribution in [0.25, 0.3) is 10.2 Å². The van der Waals surface area contributed by atoms with Crippen LogP contribution in [-0.2, 0) is 6.42 Å². The van der Waals surface area contributed by atoms with Crippen LogP contribution < -0.4 is 15.4 Å². The first-order valence-electron chi connectivity index (χ1n) is 10.3. The minimum atomic E-state index is 0.449. The predicted molar refractivity (Wildman–Crippen MR) is 132 cm³/mol. The summed E-state index contributed by atoms with van der Waals surface area (Å²) in [5, 5.41) is 8.87. The van der Waals surface area contributed by atoms with Crippen LogP contribution in [0.4, 0.5) is 10.8 Å². The molecule has 1 aliphatic heterocycles. The van der Waals surface area contributed by atoms with Crippen LogP contribution in [0.2, 0.25) is 0 Å². The maximum Gasteiger partial charge on any atom is 0.183 e. The van der Waals surface area contributed by atoms with E-state index in [4.69, 9.17) is 9.73 Å². The predicted octanol–water partition coefficient (Wildman–Crippen LogP) is 5.89. The summed E-state index contributed by atoms with van der Waals surface area (Å²) in [6.07, 6.45) is 2.10. The van der Waals surface area contributed by atoms with Crippen molar-refractivity contribution in [1.82, 2.24) is 4.98 Å². The number of nitrogens with zero attached hydrogens (tertiary/aromatic N) is 2. The molecule has 0 unspecified atom stereocenters. The number of fused-ring (bicyclic) bond motifs is 1. The van der Waals surface area contributed by atoms with Gasteiger partial charge in [0.1, 0.15) is 11.3 Å². The largest absolute Gasteiger partial charge is 0.494 e. The van der Waals surface area contributed by atoms with E-state index in [9.17, 15) is 0 Å². The summed E-state index contributed by atoms with van der Waals surface area (Å²) < 4.78 is 6.53. The topological polar surface area (TPSA) is 58.5 Å². The minimum absolute atomic E-state index is 0.449. The SMILES string of the molecule is COc1cccc2sc(NCCc3ccc(NC4=N[C@H](CC(C)C)CS4)cc3)nc12. The highest BCUT2D eigenvalue weighted by atomic mass is 32.2. The number of ether oxygens (including phenoxy) is 1. The maximum atomic E-state index is 5.40. The van der Waals surface area contributed by atoms with Crippen molar-refractivity contribution in [2.24, 2.45) is 10.9 Å². The van der Waals surface area contributed by atoms with Crippen molar-refractivity contribution in [3.63, 3.8) is 0 Å². The number of aromatic nitrogens is 1. The minimum Gasteiger partial charge on any atom is -0.494 e. The first kappa shape index (κ1) is 21.0. The molecule has 0 bridgehead atoms. The number of rotatable bonds is 8. The summed E-state index contributed by atoms with van der Waals surface area (Å²) in [6.45, 7) is 5.36. The second-order valence-corrected chi connectivity index (χ2v) is 9.89. The van der Waals surface area contributed by atoms with Crippen molar-refractivity contribution >= 4 is 49.3 Å². The van der Waals surface area contributed by atoms with Crippen LogP contribution in [0.1, 0.15) is 25.8 Å². The smallest absolute Gasteiger partial charge is 0.183 e. The molecule has 0 fully saturated rings. The molecule has 2 N–H and O–H groups in total. The normalized spacial score (nSPS) is 16.1. The Morgan fingerprint density at radius 2 is 2.00 bits per heavy atom. The van der Waals surface area contributed by atoms with Crippen LogP contribution in [0.5, 0.6) is 5.75 Å². The first-order chi connectivity index (χ1) is 14.6. The summed E-state index contributed by atoms with van der Waals surface area (Å²) in [6, 6.07) is 15.1. The lowest BCUT2D eigenvalue weighted by atomic mass is 10.1. The van der Waals surface area contributed by atoms with Gasteiger partial charge in [0.25, 0.3) is 0 Å². The van der Waals surface area contributed by atoms with Gasteiger partial charge in [-0.3, -0.25) is 4.99 Å². The molecule has 0 radical (unpaired) electrons. The number of anilines is 2. The number of para-hydroxylation sites is 1. The average Bonchev–Trinajstić information content (AvgIpc) is 3.35. The van der Waals surface area contributed by atoms with Crippen molar-refractivity contribution < 1.29 is 4.74 Å². The molecule has 2 aromatic carbocycles. The molecule has 0 saturated heterocycles. The zero-order chi connectivity index (χ0) is 20.9. The van der Waals surface area contributed by atoms with E-state index in [-0.39, 0.29) is 0 Å². The second kappa shape index (κ2) is 9.71.